The molecule has 0 amide bonds. The molecule has 0 radical (unpaired) electrons. The molecule has 29 heavy (non-hydrogen) atoms. The van der Waals surface area contributed by atoms with Gasteiger partial charge in [-0.2, -0.15) is 0 Å². The summed E-state index contributed by atoms with van der Waals surface area (Å²) < 4.78 is 0. The molecule has 0 aliphatic heterocycles. The van der Waals surface area contributed by atoms with Gasteiger partial charge in [0, 0.05) is 0 Å². The normalized spacial score (nSPS) is 47.9. The van der Waals surface area contributed by atoms with E-state index < -0.39 is 0 Å². The van der Waals surface area contributed by atoms with E-state index in [1.165, 1.54) is 50.5 Å². The standard InChI is InChI=1S/C27H46O2/c1-17(2)7-6-8-18(3)21-9-10-22-25-23(12-14-27(21,22)5)26(4)13-11-20(28)15-19(26)16-24(25)29/h16-18,20-25,28-29H,6-15H2,1-5H3/t18?,20-,21+,22-,23-,24-,25-,26-,27+/m0/s1. The maximum Gasteiger partial charge on any atom is 0.0757 e. The van der Waals surface area contributed by atoms with Crippen molar-refractivity contribution in [2.75, 3.05) is 0 Å². The van der Waals surface area contributed by atoms with Crippen LogP contribution in [0.3, 0.4) is 0 Å². The van der Waals surface area contributed by atoms with Gasteiger partial charge >= 0.3 is 0 Å². The minimum absolute atomic E-state index is 0.200. The molecule has 2 heteroatoms. The Morgan fingerprint density at radius 3 is 2.45 bits per heavy atom. The highest BCUT2D eigenvalue weighted by Gasteiger charge is 2.61. The number of aliphatic hydroxyl groups is 2. The average Bonchev–Trinajstić information content (AvgIpc) is 3.00. The highest BCUT2D eigenvalue weighted by atomic mass is 16.3. The molecule has 2 nitrogen and oxygen atoms in total. The summed E-state index contributed by atoms with van der Waals surface area (Å²) in [6, 6.07) is 0. The van der Waals surface area contributed by atoms with E-state index in [1.54, 1.807) is 0 Å². The Balaban J connectivity index is 1.54. The zero-order chi connectivity index (χ0) is 21.0. The van der Waals surface area contributed by atoms with Crippen molar-refractivity contribution in [1.29, 1.82) is 0 Å². The number of hydrogen-bond donors (Lipinski definition) is 2. The smallest absolute Gasteiger partial charge is 0.0757 e. The van der Waals surface area contributed by atoms with Crippen molar-refractivity contribution in [2.45, 2.75) is 111 Å². The van der Waals surface area contributed by atoms with Gasteiger partial charge in [-0.3, -0.25) is 0 Å². The molecule has 4 rings (SSSR count). The van der Waals surface area contributed by atoms with Crippen molar-refractivity contribution in [3.63, 3.8) is 0 Å². The second-order valence-electron chi connectivity index (χ2n) is 12.3. The molecule has 0 saturated heterocycles. The van der Waals surface area contributed by atoms with E-state index in [4.69, 9.17) is 0 Å². The van der Waals surface area contributed by atoms with Crippen molar-refractivity contribution in [2.24, 2.45) is 46.3 Å². The first-order valence-electron chi connectivity index (χ1n) is 12.7. The Morgan fingerprint density at radius 2 is 1.72 bits per heavy atom. The third-order valence-corrected chi connectivity index (χ3v) is 10.3. The van der Waals surface area contributed by atoms with Crippen LogP contribution in [0.2, 0.25) is 0 Å². The lowest BCUT2D eigenvalue weighted by Crippen LogP contribution is -2.54. The van der Waals surface area contributed by atoms with Crippen LogP contribution in [-0.4, -0.2) is 22.4 Å². The molecule has 0 aromatic heterocycles. The van der Waals surface area contributed by atoms with Crippen LogP contribution in [0.25, 0.3) is 0 Å². The van der Waals surface area contributed by atoms with Crippen molar-refractivity contribution >= 4 is 0 Å². The van der Waals surface area contributed by atoms with Gasteiger partial charge in [0.1, 0.15) is 0 Å². The van der Waals surface area contributed by atoms with Gasteiger partial charge in [-0.15, -0.1) is 0 Å². The second kappa shape index (κ2) is 7.97. The van der Waals surface area contributed by atoms with Crippen molar-refractivity contribution in [3.05, 3.63) is 11.6 Å². The topological polar surface area (TPSA) is 40.5 Å². The first kappa shape index (κ1) is 21.9. The van der Waals surface area contributed by atoms with E-state index in [9.17, 15) is 10.2 Å². The molecule has 166 valence electrons. The fourth-order valence-corrected chi connectivity index (χ4v) is 8.65. The molecule has 2 N–H and O–H groups in total. The summed E-state index contributed by atoms with van der Waals surface area (Å²) in [6.45, 7) is 12.2. The van der Waals surface area contributed by atoms with Gasteiger partial charge in [-0.05, 0) is 91.3 Å². The molecule has 0 aromatic rings. The van der Waals surface area contributed by atoms with Crippen molar-refractivity contribution in [3.8, 4) is 0 Å². The maximum absolute atomic E-state index is 11.3. The van der Waals surface area contributed by atoms with E-state index in [0.29, 0.717) is 23.2 Å². The van der Waals surface area contributed by atoms with Crippen molar-refractivity contribution < 1.29 is 10.2 Å². The van der Waals surface area contributed by atoms with E-state index >= 15 is 0 Å². The average molecular weight is 403 g/mol. The van der Waals surface area contributed by atoms with Crippen LogP contribution in [0.5, 0.6) is 0 Å². The fraction of sp³-hybridized carbons (Fsp3) is 0.926. The van der Waals surface area contributed by atoms with Gasteiger partial charge in [-0.25, -0.2) is 0 Å². The summed E-state index contributed by atoms with van der Waals surface area (Å²) in [5.74, 6) is 4.18. The molecular formula is C27H46O2. The summed E-state index contributed by atoms with van der Waals surface area (Å²) in [5, 5.41) is 21.5. The largest absolute Gasteiger partial charge is 0.393 e. The lowest BCUT2D eigenvalue weighted by atomic mass is 9.46. The summed E-state index contributed by atoms with van der Waals surface area (Å²) in [4.78, 5) is 0. The number of hydrogen-bond acceptors (Lipinski definition) is 2. The third kappa shape index (κ3) is 3.65. The van der Waals surface area contributed by atoms with E-state index in [1.807, 2.05) is 0 Å². The predicted octanol–water partition coefficient (Wildman–Crippen LogP) is 6.36. The Labute approximate surface area is 179 Å². The van der Waals surface area contributed by atoms with Gasteiger partial charge < -0.3 is 10.2 Å². The summed E-state index contributed by atoms with van der Waals surface area (Å²) in [5.41, 5.74) is 1.99. The molecule has 0 bridgehead atoms. The van der Waals surface area contributed by atoms with Crippen LogP contribution in [0, 0.1) is 46.3 Å². The monoisotopic (exact) mass is 402 g/mol. The van der Waals surface area contributed by atoms with E-state index in [0.717, 1.165) is 37.0 Å². The Morgan fingerprint density at radius 1 is 0.966 bits per heavy atom. The summed E-state index contributed by atoms with van der Waals surface area (Å²) in [6.07, 6.45) is 13.9. The lowest BCUT2D eigenvalue weighted by Gasteiger charge is -2.59. The van der Waals surface area contributed by atoms with Crippen LogP contribution >= 0.6 is 0 Å². The zero-order valence-corrected chi connectivity index (χ0v) is 19.7. The molecule has 1 unspecified atom stereocenters. The predicted molar refractivity (Wildman–Crippen MR) is 120 cm³/mol. The summed E-state index contributed by atoms with van der Waals surface area (Å²) in [7, 11) is 0. The lowest BCUT2D eigenvalue weighted by molar-refractivity contribution is -0.0970. The minimum Gasteiger partial charge on any atom is -0.393 e. The van der Waals surface area contributed by atoms with E-state index in [-0.39, 0.29) is 17.6 Å². The molecule has 0 aromatic carbocycles. The van der Waals surface area contributed by atoms with Gasteiger partial charge in [0.05, 0.1) is 12.2 Å². The van der Waals surface area contributed by atoms with Crippen LogP contribution in [0.1, 0.15) is 98.8 Å². The zero-order valence-electron chi connectivity index (χ0n) is 19.7. The Hall–Kier alpha value is -0.340. The van der Waals surface area contributed by atoms with Gasteiger partial charge in [0.2, 0.25) is 0 Å². The molecular weight excluding hydrogens is 356 g/mol. The number of rotatable bonds is 5. The summed E-state index contributed by atoms with van der Waals surface area (Å²) >= 11 is 0. The van der Waals surface area contributed by atoms with Crippen molar-refractivity contribution in [1.82, 2.24) is 0 Å². The fourth-order valence-electron chi connectivity index (χ4n) is 8.65. The van der Waals surface area contributed by atoms with Crippen LogP contribution < -0.4 is 0 Å². The molecule has 3 fully saturated rings. The van der Waals surface area contributed by atoms with Crippen LogP contribution in [-0.2, 0) is 0 Å². The molecule has 4 aliphatic rings. The number of fused-ring (bicyclic) bond motifs is 5. The maximum atomic E-state index is 11.3. The highest BCUT2D eigenvalue weighted by molar-refractivity contribution is 5.27. The third-order valence-electron chi connectivity index (χ3n) is 10.3. The SMILES string of the molecule is CC(C)CCCC(C)[C@H]1CC[C@H]2[C@@H]3[C@@H](O)C=C4C[C@@H](O)CC[C@]4(C)[C@H]3CC[C@]12C. The Bertz CT molecular complexity index is 624. The van der Waals surface area contributed by atoms with Crippen LogP contribution in [0.15, 0.2) is 11.6 Å². The molecule has 9 atom stereocenters. The minimum atomic E-state index is -0.298. The van der Waals surface area contributed by atoms with E-state index in [2.05, 4.69) is 40.7 Å². The number of aliphatic hydroxyl groups excluding tert-OH is 2. The first-order chi connectivity index (χ1) is 13.7. The quantitative estimate of drug-likeness (QED) is 0.525. The van der Waals surface area contributed by atoms with Crippen LogP contribution in [0.4, 0.5) is 0 Å². The molecule has 3 saturated carbocycles. The molecule has 0 heterocycles. The second-order valence-corrected chi connectivity index (χ2v) is 12.3. The highest BCUT2D eigenvalue weighted by Crippen LogP contribution is 2.67. The Kier molecular flexibility index (Phi) is 6.01. The van der Waals surface area contributed by atoms with Gasteiger partial charge in [-0.1, -0.05) is 65.5 Å². The molecule has 4 aliphatic carbocycles. The van der Waals surface area contributed by atoms with Gasteiger partial charge in [0.15, 0.2) is 0 Å². The first-order valence-corrected chi connectivity index (χ1v) is 12.7. The van der Waals surface area contributed by atoms with Gasteiger partial charge in [0.25, 0.3) is 0 Å². The molecule has 0 spiro atoms.